The Kier molecular flexibility index (Phi) is 4.92. The van der Waals surface area contributed by atoms with Crippen LogP contribution in [0.1, 0.15) is 5.69 Å². The Morgan fingerprint density at radius 3 is 2.48 bits per heavy atom. The largest absolute Gasteiger partial charge is 0.347 e. The van der Waals surface area contributed by atoms with Gasteiger partial charge in [0.15, 0.2) is 0 Å². The van der Waals surface area contributed by atoms with Crippen molar-refractivity contribution in [1.82, 2.24) is 14.7 Å². The molecule has 1 aromatic carbocycles. The molecule has 112 valence electrons. The van der Waals surface area contributed by atoms with Gasteiger partial charge in [0.2, 0.25) is 16.0 Å². The fraction of sp³-hybridized carbons (Fsp3) is 0.231. The minimum atomic E-state index is -3.55. The molecule has 8 heteroatoms. The van der Waals surface area contributed by atoms with E-state index in [1.54, 1.807) is 29.3 Å². The van der Waals surface area contributed by atoms with E-state index in [1.807, 2.05) is 14.1 Å². The van der Waals surface area contributed by atoms with E-state index in [0.717, 1.165) is 4.47 Å². The maximum absolute atomic E-state index is 12.2. The van der Waals surface area contributed by atoms with Gasteiger partial charge in [-0.25, -0.2) is 23.1 Å². The number of aromatic nitrogens is 2. The molecular weight excluding hydrogens is 356 g/mol. The first-order valence-electron chi connectivity index (χ1n) is 6.13. The van der Waals surface area contributed by atoms with Crippen LogP contribution in [-0.4, -0.2) is 32.5 Å². The molecule has 0 aliphatic heterocycles. The average molecular weight is 371 g/mol. The summed E-state index contributed by atoms with van der Waals surface area (Å²) in [6, 6.07) is 8.12. The zero-order chi connectivity index (χ0) is 15.5. The van der Waals surface area contributed by atoms with E-state index in [9.17, 15) is 8.42 Å². The molecule has 0 spiro atoms. The molecule has 0 saturated heterocycles. The number of sulfonamides is 1. The van der Waals surface area contributed by atoms with Gasteiger partial charge in [0.05, 0.1) is 17.1 Å². The van der Waals surface area contributed by atoms with Gasteiger partial charge in [-0.2, -0.15) is 0 Å². The van der Waals surface area contributed by atoms with Crippen molar-refractivity contribution >= 4 is 31.9 Å². The van der Waals surface area contributed by atoms with Gasteiger partial charge in [-0.05, 0) is 30.3 Å². The molecule has 2 rings (SSSR count). The van der Waals surface area contributed by atoms with Crippen LogP contribution in [0.3, 0.4) is 0 Å². The topological polar surface area (TPSA) is 75.2 Å². The van der Waals surface area contributed by atoms with Crippen molar-refractivity contribution in [3.8, 4) is 0 Å². The maximum Gasteiger partial charge on any atom is 0.240 e. The lowest BCUT2D eigenvalue weighted by atomic mass is 10.4. The van der Waals surface area contributed by atoms with Gasteiger partial charge in [0, 0.05) is 24.8 Å². The Bertz CT molecular complexity index is 717. The summed E-state index contributed by atoms with van der Waals surface area (Å²) >= 11 is 3.27. The molecule has 2 aromatic rings. The summed E-state index contributed by atoms with van der Waals surface area (Å²) in [5, 5.41) is 0. The Balaban J connectivity index is 2.11. The molecule has 0 saturated carbocycles. The Morgan fingerprint density at radius 1 is 1.19 bits per heavy atom. The summed E-state index contributed by atoms with van der Waals surface area (Å²) in [6.45, 7) is 0.113. The summed E-state index contributed by atoms with van der Waals surface area (Å²) in [6.07, 6.45) is 1.60. The van der Waals surface area contributed by atoms with Crippen LogP contribution in [-0.2, 0) is 16.6 Å². The molecule has 0 aliphatic carbocycles. The number of hydrogen-bond acceptors (Lipinski definition) is 5. The van der Waals surface area contributed by atoms with Gasteiger partial charge < -0.3 is 4.90 Å². The first kappa shape index (κ1) is 15.9. The lowest BCUT2D eigenvalue weighted by Gasteiger charge is -2.11. The summed E-state index contributed by atoms with van der Waals surface area (Å²) < 4.78 is 27.7. The zero-order valence-electron chi connectivity index (χ0n) is 11.6. The van der Waals surface area contributed by atoms with E-state index < -0.39 is 10.0 Å². The smallest absolute Gasteiger partial charge is 0.240 e. The van der Waals surface area contributed by atoms with E-state index in [1.165, 1.54) is 12.1 Å². The highest BCUT2D eigenvalue weighted by atomic mass is 79.9. The van der Waals surface area contributed by atoms with Gasteiger partial charge in [0.1, 0.15) is 0 Å². The second-order valence-electron chi connectivity index (χ2n) is 4.52. The number of hydrogen-bond donors (Lipinski definition) is 1. The average Bonchev–Trinajstić information content (AvgIpc) is 2.46. The fourth-order valence-electron chi connectivity index (χ4n) is 1.56. The van der Waals surface area contributed by atoms with Gasteiger partial charge >= 0.3 is 0 Å². The van der Waals surface area contributed by atoms with Crippen molar-refractivity contribution in [3.05, 3.63) is 46.7 Å². The van der Waals surface area contributed by atoms with Crippen molar-refractivity contribution in [1.29, 1.82) is 0 Å². The van der Waals surface area contributed by atoms with E-state index in [2.05, 4.69) is 30.6 Å². The molecule has 6 nitrogen and oxygen atoms in total. The van der Waals surface area contributed by atoms with E-state index in [-0.39, 0.29) is 11.4 Å². The standard InChI is InChI=1S/C13H15BrN4O2S/c1-18(2)13-15-8-7-11(17-13)9-16-21(19,20)12-5-3-10(14)4-6-12/h3-8,16H,9H2,1-2H3. The number of nitrogens with one attached hydrogen (secondary N) is 1. The molecule has 0 radical (unpaired) electrons. The summed E-state index contributed by atoms with van der Waals surface area (Å²) in [5.41, 5.74) is 0.606. The van der Waals surface area contributed by atoms with Crippen LogP contribution in [0.15, 0.2) is 45.9 Å². The monoisotopic (exact) mass is 370 g/mol. The SMILES string of the molecule is CN(C)c1nccc(CNS(=O)(=O)c2ccc(Br)cc2)n1. The number of halogens is 1. The van der Waals surface area contributed by atoms with Crippen molar-refractivity contribution < 1.29 is 8.42 Å². The lowest BCUT2D eigenvalue weighted by Crippen LogP contribution is -2.24. The number of benzene rings is 1. The van der Waals surface area contributed by atoms with Crippen LogP contribution in [0.4, 0.5) is 5.95 Å². The highest BCUT2D eigenvalue weighted by molar-refractivity contribution is 9.10. The Morgan fingerprint density at radius 2 is 1.86 bits per heavy atom. The minimum Gasteiger partial charge on any atom is -0.347 e. The Labute approximate surface area is 132 Å². The predicted molar refractivity (Wildman–Crippen MR) is 84.5 cm³/mol. The molecule has 21 heavy (non-hydrogen) atoms. The second kappa shape index (κ2) is 6.50. The van der Waals surface area contributed by atoms with E-state index in [4.69, 9.17) is 0 Å². The number of anilines is 1. The normalized spacial score (nSPS) is 11.4. The van der Waals surface area contributed by atoms with Crippen LogP contribution in [0.5, 0.6) is 0 Å². The fourth-order valence-corrected chi connectivity index (χ4v) is 2.83. The van der Waals surface area contributed by atoms with Crippen LogP contribution >= 0.6 is 15.9 Å². The van der Waals surface area contributed by atoms with Crippen LogP contribution in [0.2, 0.25) is 0 Å². The Hall–Kier alpha value is -1.51. The zero-order valence-corrected chi connectivity index (χ0v) is 14.0. The molecule has 0 amide bonds. The first-order valence-corrected chi connectivity index (χ1v) is 8.40. The van der Waals surface area contributed by atoms with Crippen molar-refractivity contribution in [2.24, 2.45) is 0 Å². The van der Waals surface area contributed by atoms with E-state index >= 15 is 0 Å². The van der Waals surface area contributed by atoms with Crippen LogP contribution < -0.4 is 9.62 Å². The van der Waals surface area contributed by atoms with Crippen LogP contribution in [0, 0.1) is 0 Å². The van der Waals surface area contributed by atoms with Crippen molar-refractivity contribution in [2.75, 3.05) is 19.0 Å². The quantitative estimate of drug-likeness (QED) is 0.867. The molecule has 0 bridgehead atoms. The first-order chi connectivity index (χ1) is 9.88. The third-order valence-electron chi connectivity index (χ3n) is 2.67. The predicted octanol–water partition coefficient (Wildman–Crippen LogP) is 1.78. The third-order valence-corrected chi connectivity index (χ3v) is 4.61. The van der Waals surface area contributed by atoms with Gasteiger partial charge in [-0.1, -0.05) is 15.9 Å². The molecule has 1 aromatic heterocycles. The lowest BCUT2D eigenvalue weighted by molar-refractivity contribution is 0.580. The third kappa shape index (κ3) is 4.23. The molecule has 0 fully saturated rings. The second-order valence-corrected chi connectivity index (χ2v) is 7.20. The number of nitrogens with zero attached hydrogens (tertiary/aromatic N) is 3. The summed E-state index contributed by atoms with van der Waals surface area (Å²) in [7, 11) is 0.0959. The molecular formula is C13H15BrN4O2S. The molecule has 1 N–H and O–H groups in total. The van der Waals surface area contributed by atoms with Crippen molar-refractivity contribution in [3.63, 3.8) is 0 Å². The minimum absolute atomic E-state index is 0.113. The summed E-state index contributed by atoms with van der Waals surface area (Å²) in [5.74, 6) is 0.537. The number of rotatable bonds is 5. The maximum atomic E-state index is 12.2. The highest BCUT2D eigenvalue weighted by Gasteiger charge is 2.14. The van der Waals surface area contributed by atoms with Crippen molar-refractivity contribution in [2.45, 2.75) is 11.4 Å². The van der Waals surface area contributed by atoms with Crippen LogP contribution in [0.25, 0.3) is 0 Å². The molecule has 0 unspecified atom stereocenters. The molecule has 1 heterocycles. The molecule has 0 aliphatic rings. The summed E-state index contributed by atoms with van der Waals surface area (Å²) in [4.78, 5) is 10.3. The van der Waals surface area contributed by atoms with E-state index in [0.29, 0.717) is 11.6 Å². The van der Waals surface area contributed by atoms with Gasteiger partial charge in [0.25, 0.3) is 0 Å². The van der Waals surface area contributed by atoms with Gasteiger partial charge in [-0.15, -0.1) is 0 Å². The highest BCUT2D eigenvalue weighted by Crippen LogP contribution is 2.14. The molecule has 0 atom stereocenters. The van der Waals surface area contributed by atoms with Gasteiger partial charge in [-0.3, -0.25) is 0 Å².